The smallest absolute Gasteiger partial charge is 0.260 e. The lowest BCUT2D eigenvalue weighted by Gasteiger charge is -2.09. The summed E-state index contributed by atoms with van der Waals surface area (Å²) in [6.45, 7) is 1.91. The monoisotopic (exact) mass is 377 g/mol. The Balaban J connectivity index is 2.02. The summed E-state index contributed by atoms with van der Waals surface area (Å²) in [5.41, 5.74) is 1.30. The summed E-state index contributed by atoms with van der Waals surface area (Å²) in [5, 5.41) is 0.914. The fraction of sp³-hybridized carbons (Fsp3) is 0.235. The molecule has 1 N–H and O–H groups in total. The van der Waals surface area contributed by atoms with Gasteiger partial charge in [0.05, 0.1) is 11.1 Å². The van der Waals surface area contributed by atoms with Crippen molar-refractivity contribution in [2.45, 2.75) is 12.1 Å². The van der Waals surface area contributed by atoms with E-state index in [0.29, 0.717) is 15.4 Å². The van der Waals surface area contributed by atoms with Crippen molar-refractivity contribution in [3.8, 4) is 11.1 Å². The maximum Gasteiger partial charge on any atom is 0.260 e. The topological polar surface area (TPSA) is 66.1 Å². The van der Waals surface area contributed by atoms with Crippen molar-refractivity contribution in [3.05, 3.63) is 45.3 Å². The number of aromatic amines is 1. The molecule has 0 aliphatic heterocycles. The maximum atomic E-state index is 13.2. The summed E-state index contributed by atoms with van der Waals surface area (Å²) >= 11 is 2.61. The van der Waals surface area contributed by atoms with Crippen molar-refractivity contribution < 1.29 is 9.18 Å². The highest BCUT2D eigenvalue weighted by Crippen LogP contribution is 2.36. The number of rotatable bonds is 4. The van der Waals surface area contributed by atoms with Crippen LogP contribution in [0.1, 0.15) is 4.88 Å². The first-order valence-corrected chi connectivity index (χ1v) is 9.29. The number of carbonyl (C=O) groups is 1. The zero-order valence-electron chi connectivity index (χ0n) is 13.9. The Morgan fingerprint density at radius 3 is 2.64 bits per heavy atom. The number of amides is 1. The highest BCUT2D eigenvalue weighted by molar-refractivity contribution is 7.99. The van der Waals surface area contributed by atoms with Crippen LogP contribution in [0.4, 0.5) is 4.39 Å². The average Bonchev–Trinajstić information content (AvgIpc) is 2.89. The number of nitrogens with one attached hydrogen (secondary N) is 1. The van der Waals surface area contributed by atoms with Gasteiger partial charge >= 0.3 is 0 Å². The molecule has 0 unspecified atom stereocenters. The molecular weight excluding hydrogens is 361 g/mol. The van der Waals surface area contributed by atoms with Crippen molar-refractivity contribution in [1.29, 1.82) is 0 Å². The lowest BCUT2D eigenvalue weighted by Crippen LogP contribution is -2.23. The van der Waals surface area contributed by atoms with Crippen molar-refractivity contribution in [2.24, 2.45) is 0 Å². The summed E-state index contributed by atoms with van der Waals surface area (Å²) in [5.74, 6) is -0.171. The fourth-order valence-corrected chi connectivity index (χ4v) is 4.33. The van der Waals surface area contributed by atoms with Gasteiger partial charge in [-0.3, -0.25) is 9.59 Å². The number of hydrogen-bond donors (Lipinski definition) is 1. The molecule has 0 atom stereocenters. The lowest BCUT2D eigenvalue weighted by molar-refractivity contribution is -0.125. The molecule has 0 radical (unpaired) electrons. The number of carbonyl (C=O) groups excluding carboxylic acids is 1. The summed E-state index contributed by atoms with van der Waals surface area (Å²) in [4.78, 5) is 34.5. The molecule has 2 aromatic heterocycles. The first-order chi connectivity index (χ1) is 11.9. The molecular formula is C17H16FN3O2S2. The normalized spacial score (nSPS) is 11.0. The van der Waals surface area contributed by atoms with Gasteiger partial charge in [-0.05, 0) is 24.6 Å². The van der Waals surface area contributed by atoms with Crippen molar-refractivity contribution in [2.75, 3.05) is 19.8 Å². The molecule has 0 aliphatic rings. The number of aryl methyl sites for hydroxylation is 1. The Morgan fingerprint density at radius 2 is 2.00 bits per heavy atom. The van der Waals surface area contributed by atoms with Gasteiger partial charge in [-0.1, -0.05) is 23.9 Å². The molecule has 0 saturated carbocycles. The molecule has 8 heteroatoms. The molecule has 5 nitrogen and oxygen atoms in total. The fourth-order valence-electron chi connectivity index (χ4n) is 2.39. The van der Waals surface area contributed by atoms with Crippen LogP contribution in [-0.4, -0.2) is 40.6 Å². The Kier molecular flexibility index (Phi) is 4.91. The van der Waals surface area contributed by atoms with Gasteiger partial charge in [0, 0.05) is 24.5 Å². The molecule has 0 spiro atoms. The largest absolute Gasteiger partial charge is 0.348 e. The number of halogens is 1. The molecule has 0 bridgehead atoms. The first kappa shape index (κ1) is 17.6. The first-order valence-electron chi connectivity index (χ1n) is 7.49. The van der Waals surface area contributed by atoms with E-state index in [0.717, 1.165) is 16.0 Å². The van der Waals surface area contributed by atoms with Gasteiger partial charge in [-0.25, -0.2) is 9.37 Å². The Bertz CT molecular complexity index is 994. The van der Waals surface area contributed by atoms with Crippen LogP contribution in [0.2, 0.25) is 0 Å². The van der Waals surface area contributed by atoms with E-state index in [1.54, 1.807) is 26.2 Å². The Labute approximate surface area is 151 Å². The number of H-pyrrole nitrogens is 1. The second-order valence-electron chi connectivity index (χ2n) is 5.67. The number of thioether (sulfide) groups is 1. The predicted molar refractivity (Wildman–Crippen MR) is 99.8 cm³/mol. The van der Waals surface area contributed by atoms with Crippen LogP contribution in [0.25, 0.3) is 21.3 Å². The second kappa shape index (κ2) is 6.97. The molecule has 0 saturated heterocycles. The molecule has 25 heavy (non-hydrogen) atoms. The number of aromatic nitrogens is 2. The summed E-state index contributed by atoms with van der Waals surface area (Å²) < 4.78 is 13.2. The van der Waals surface area contributed by atoms with Crippen molar-refractivity contribution in [3.63, 3.8) is 0 Å². The third-order valence-electron chi connectivity index (χ3n) is 3.68. The number of benzene rings is 1. The second-order valence-corrected chi connectivity index (χ2v) is 7.84. The average molecular weight is 377 g/mol. The van der Waals surface area contributed by atoms with Crippen molar-refractivity contribution >= 4 is 39.2 Å². The standard InChI is InChI=1S/C17H16FN3O2S2/c1-9-13(10-4-6-11(18)7-5-10)14-15(23)19-17(20-16(14)25-9)24-8-12(22)21(2)3/h4-7H,8H2,1-3H3,(H,19,20,23). The van der Waals surface area contributed by atoms with Gasteiger partial charge < -0.3 is 9.88 Å². The van der Waals surface area contributed by atoms with Gasteiger partial charge in [0.2, 0.25) is 5.91 Å². The van der Waals surface area contributed by atoms with Crippen LogP contribution in [-0.2, 0) is 4.79 Å². The number of hydrogen-bond acceptors (Lipinski definition) is 5. The zero-order valence-corrected chi connectivity index (χ0v) is 15.6. The van der Waals surface area contributed by atoms with Crippen LogP contribution < -0.4 is 5.56 Å². The number of nitrogens with zero attached hydrogens (tertiary/aromatic N) is 2. The van der Waals surface area contributed by atoms with E-state index >= 15 is 0 Å². The Hall–Kier alpha value is -2.19. The van der Waals surface area contributed by atoms with Crippen LogP contribution in [0.3, 0.4) is 0 Å². The maximum absolute atomic E-state index is 13.2. The zero-order chi connectivity index (χ0) is 18.1. The van der Waals surface area contributed by atoms with Crippen LogP contribution >= 0.6 is 23.1 Å². The minimum Gasteiger partial charge on any atom is -0.348 e. The van der Waals surface area contributed by atoms with Gasteiger partial charge in [0.15, 0.2) is 5.16 Å². The molecule has 3 rings (SSSR count). The molecule has 0 fully saturated rings. The SMILES string of the molecule is Cc1sc2nc(SCC(=O)N(C)C)[nH]c(=O)c2c1-c1ccc(F)cc1. The van der Waals surface area contributed by atoms with E-state index in [-0.39, 0.29) is 23.0 Å². The highest BCUT2D eigenvalue weighted by Gasteiger charge is 2.17. The third-order valence-corrected chi connectivity index (χ3v) is 5.54. The molecule has 3 aromatic rings. The number of fused-ring (bicyclic) bond motifs is 1. The van der Waals surface area contributed by atoms with Gasteiger partial charge in [-0.2, -0.15) is 0 Å². The third kappa shape index (κ3) is 3.59. The van der Waals surface area contributed by atoms with Crippen LogP contribution in [0, 0.1) is 12.7 Å². The Morgan fingerprint density at radius 1 is 1.32 bits per heavy atom. The molecule has 2 heterocycles. The highest BCUT2D eigenvalue weighted by atomic mass is 32.2. The van der Waals surface area contributed by atoms with E-state index in [1.165, 1.54) is 40.1 Å². The van der Waals surface area contributed by atoms with Crippen LogP contribution in [0.15, 0.2) is 34.2 Å². The minimum absolute atomic E-state index is 0.0536. The molecule has 1 aromatic carbocycles. The predicted octanol–water partition coefficient (Wildman–Crippen LogP) is 3.28. The summed E-state index contributed by atoms with van der Waals surface area (Å²) in [6.07, 6.45) is 0. The van der Waals surface area contributed by atoms with Gasteiger partial charge in [0.1, 0.15) is 10.6 Å². The van der Waals surface area contributed by atoms with E-state index in [1.807, 2.05) is 6.92 Å². The van der Waals surface area contributed by atoms with Gasteiger partial charge in [0.25, 0.3) is 5.56 Å². The lowest BCUT2D eigenvalue weighted by atomic mass is 10.0. The molecule has 1 amide bonds. The molecule has 0 aliphatic carbocycles. The van der Waals surface area contributed by atoms with E-state index in [9.17, 15) is 14.0 Å². The molecule has 130 valence electrons. The number of thiophene rings is 1. The summed E-state index contributed by atoms with van der Waals surface area (Å²) in [6, 6.07) is 6.05. The van der Waals surface area contributed by atoms with E-state index in [4.69, 9.17) is 0 Å². The van der Waals surface area contributed by atoms with Crippen molar-refractivity contribution in [1.82, 2.24) is 14.9 Å². The quantitative estimate of drug-likeness (QED) is 0.560. The van der Waals surface area contributed by atoms with Gasteiger partial charge in [-0.15, -0.1) is 11.3 Å². The van der Waals surface area contributed by atoms with Crippen LogP contribution in [0.5, 0.6) is 0 Å². The van der Waals surface area contributed by atoms with E-state index in [2.05, 4.69) is 9.97 Å². The minimum atomic E-state index is -0.322. The summed E-state index contributed by atoms with van der Waals surface area (Å²) in [7, 11) is 3.36. The van der Waals surface area contributed by atoms with E-state index < -0.39 is 0 Å².